The van der Waals surface area contributed by atoms with Crippen molar-refractivity contribution in [1.82, 2.24) is 14.9 Å². The zero-order valence-electron chi connectivity index (χ0n) is 13.8. The van der Waals surface area contributed by atoms with Gasteiger partial charge in [-0.1, -0.05) is 0 Å². The minimum atomic E-state index is -0.331. The normalized spacial score (nSPS) is 19.4. The van der Waals surface area contributed by atoms with Crippen LogP contribution >= 0.6 is 0 Å². The van der Waals surface area contributed by atoms with E-state index in [0.29, 0.717) is 11.7 Å². The zero-order chi connectivity index (χ0) is 16.4. The van der Waals surface area contributed by atoms with Gasteiger partial charge in [-0.15, -0.1) is 0 Å². The van der Waals surface area contributed by atoms with Crippen molar-refractivity contribution in [2.75, 3.05) is 25.0 Å². The Morgan fingerprint density at radius 3 is 2.46 bits per heavy atom. The fraction of sp³-hybridized carbons (Fsp3) is 0.474. The predicted octanol–water partition coefficient (Wildman–Crippen LogP) is 3.95. The molecule has 24 heavy (non-hydrogen) atoms. The Bertz CT molecular complexity index is 659. The molecule has 2 fully saturated rings. The Morgan fingerprint density at radius 2 is 1.83 bits per heavy atom. The molecule has 0 spiro atoms. The summed E-state index contributed by atoms with van der Waals surface area (Å²) in [6.07, 6.45) is 8.31. The average molecular weight is 326 g/mol. The standard InChI is InChI=1S/C19H23FN4/c20-16-3-6-19(22-11-16)23-17-4-5-18(21-12-17)15-7-9-24(10-8-15)13-14-1-2-14/h3-6,11-12,14-15H,1-2,7-10,13H2,(H,22,23). The van der Waals surface area contributed by atoms with Crippen LogP contribution < -0.4 is 5.32 Å². The summed E-state index contributed by atoms with van der Waals surface area (Å²) < 4.78 is 12.9. The van der Waals surface area contributed by atoms with Gasteiger partial charge in [0.05, 0.1) is 18.1 Å². The van der Waals surface area contributed by atoms with Gasteiger partial charge in [0, 0.05) is 18.2 Å². The van der Waals surface area contributed by atoms with E-state index in [0.717, 1.165) is 11.6 Å². The van der Waals surface area contributed by atoms with Crippen LogP contribution in [0.15, 0.2) is 36.7 Å². The molecule has 1 saturated heterocycles. The number of hydrogen-bond donors (Lipinski definition) is 1. The quantitative estimate of drug-likeness (QED) is 0.903. The van der Waals surface area contributed by atoms with Gasteiger partial charge in [-0.3, -0.25) is 4.98 Å². The Kier molecular flexibility index (Phi) is 4.43. The average Bonchev–Trinajstić information content (AvgIpc) is 3.43. The van der Waals surface area contributed by atoms with E-state index < -0.39 is 0 Å². The lowest BCUT2D eigenvalue weighted by Gasteiger charge is -2.31. The van der Waals surface area contributed by atoms with E-state index in [4.69, 9.17) is 0 Å². The van der Waals surface area contributed by atoms with Gasteiger partial charge in [-0.05, 0) is 69.0 Å². The Morgan fingerprint density at radius 1 is 1.00 bits per heavy atom. The molecular weight excluding hydrogens is 303 g/mol. The van der Waals surface area contributed by atoms with Crippen LogP contribution in [0, 0.1) is 11.7 Å². The lowest BCUT2D eigenvalue weighted by Crippen LogP contribution is -2.34. The molecule has 1 N–H and O–H groups in total. The number of nitrogens with one attached hydrogen (secondary N) is 1. The third kappa shape index (κ3) is 3.90. The van der Waals surface area contributed by atoms with Crippen LogP contribution in [0.5, 0.6) is 0 Å². The number of rotatable bonds is 5. The summed E-state index contributed by atoms with van der Waals surface area (Å²) in [6.45, 7) is 3.69. The first kappa shape index (κ1) is 15.5. The number of piperidine rings is 1. The maximum atomic E-state index is 12.9. The van der Waals surface area contributed by atoms with Gasteiger partial charge in [-0.25, -0.2) is 9.37 Å². The molecule has 1 saturated carbocycles. The van der Waals surface area contributed by atoms with Gasteiger partial charge >= 0.3 is 0 Å². The second-order valence-electron chi connectivity index (χ2n) is 6.98. The molecule has 2 aromatic heterocycles. The van der Waals surface area contributed by atoms with Crippen molar-refractivity contribution in [2.45, 2.75) is 31.6 Å². The first-order valence-electron chi connectivity index (χ1n) is 8.83. The van der Waals surface area contributed by atoms with Crippen LogP contribution in [0.3, 0.4) is 0 Å². The van der Waals surface area contributed by atoms with Crippen LogP contribution in [-0.2, 0) is 0 Å². The van der Waals surface area contributed by atoms with Crippen molar-refractivity contribution < 1.29 is 4.39 Å². The van der Waals surface area contributed by atoms with E-state index in [1.807, 2.05) is 12.3 Å². The molecule has 2 aromatic rings. The topological polar surface area (TPSA) is 41.0 Å². The van der Waals surface area contributed by atoms with Crippen LogP contribution in [0.4, 0.5) is 15.9 Å². The minimum Gasteiger partial charge on any atom is -0.339 e. The molecule has 4 rings (SSSR count). The maximum Gasteiger partial charge on any atom is 0.141 e. The number of pyridine rings is 2. The summed E-state index contributed by atoms with van der Waals surface area (Å²) in [6, 6.07) is 7.16. The fourth-order valence-electron chi connectivity index (χ4n) is 3.40. The molecule has 1 aliphatic carbocycles. The number of halogens is 1. The van der Waals surface area contributed by atoms with Crippen molar-refractivity contribution in [2.24, 2.45) is 5.92 Å². The van der Waals surface area contributed by atoms with Gasteiger partial charge in [-0.2, -0.15) is 0 Å². The van der Waals surface area contributed by atoms with Crippen LogP contribution in [0.25, 0.3) is 0 Å². The number of aromatic nitrogens is 2. The lowest BCUT2D eigenvalue weighted by molar-refractivity contribution is 0.203. The minimum absolute atomic E-state index is 0.331. The Labute approximate surface area is 142 Å². The van der Waals surface area contributed by atoms with Crippen molar-refractivity contribution >= 4 is 11.5 Å². The van der Waals surface area contributed by atoms with E-state index in [1.54, 1.807) is 6.07 Å². The molecule has 2 aliphatic rings. The number of nitrogens with zero attached hydrogens (tertiary/aromatic N) is 3. The summed E-state index contributed by atoms with van der Waals surface area (Å²) in [7, 11) is 0. The van der Waals surface area contributed by atoms with Crippen molar-refractivity contribution in [3.8, 4) is 0 Å². The summed E-state index contributed by atoms with van der Waals surface area (Å²) >= 11 is 0. The summed E-state index contributed by atoms with van der Waals surface area (Å²) in [4.78, 5) is 11.3. The molecule has 5 heteroatoms. The molecule has 0 radical (unpaired) electrons. The lowest BCUT2D eigenvalue weighted by atomic mass is 9.93. The molecular formula is C19H23FN4. The van der Waals surface area contributed by atoms with E-state index in [-0.39, 0.29) is 5.82 Å². The first-order valence-corrected chi connectivity index (χ1v) is 8.83. The second-order valence-corrected chi connectivity index (χ2v) is 6.98. The second kappa shape index (κ2) is 6.85. The third-order valence-corrected chi connectivity index (χ3v) is 5.01. The highest BCUT2D eigenvalue weighted by Gasteiger charge is 2.27. The maximum absolute atomic E-state index is 12.9. The monoisotopic (exact) mass is 326 g/mol. The highest BCUT2D eigenvalue weighted by molar-refractivity contribution is 5.54. The highest BCUT2D eigenvalue weighted by atomic mass is 19.1. The van der Waals surface area contributed by atoms with Crippen molar-refractivity contribution in [1.29, 1.82) is 0 Å². The first-order chi connectivity index (χ1) is 11.8. The van der Waals surface area contributed by atoms with Crippen LogP contribution in [0.2, 0.25) is 0 Å². The summed E-state index contributed by atoms with van der Waals surface area (Å²) in [5, 5.41) is 3.15. The molecule has 1 aliphatic heterocycles. The molecule has 0 unspecified atom stereocenters. The summed E-state index contributed by atoms with van der Waals surface area (Å²) in [5.41, 5.74) is 2.06. The van der Waals surface area contributed by atoms with Crippen molar-refractivity contribution in [3.63, 3.8) is 0 Å². The highest BCUT2D eigenvalue weighted by Crippen LogP contribution is 2.33. The van der Waals surface area contributed by atoms with E-state index in [9.17, 15) is 4.39 Å². The zero-order valence-corrected chi connectivity index (χ0v) is 13.8. The number of hydrogen-bond acceptors (Lipinski definition) is 4. The van der Waals surface area contributed by atoms with Gasteiger partial charge in [0.25, 0.3) is 0 Å². The number of anilines is 2. The third-order valence-electron chi connectivity index (χ3n) is 5.01. The molecule has 126 valence electrons. The Balaban J connectivity index is 1.33. The largest absolute Gasteiger partial charge is 0.339 e. The van der Waals surface area contributed by atoms with Gasteiger partial charge < -0.3 is 10.2 Å². The van der Waals surface area contributed by atoms with Crippen LogP contribution in [-0.4, -0.2) is 34.5 Å². The predicted molar refractivity (Wildman–Crippen MR) is 92.9 cm³/mol. The van der Waals surface area contributed by atoms with Crippen LogP contribution in [0.1, 0.15) is 37.3 Å². The van der Waals surface area contributed by atoms with Gasteiger partial charge in [0.1, 0.15) is 11.6 Å². The molecule has 0 atom stereocenters. The molecule has 0 amide bonds. The fourth-order valence-corrected chi connectivity index (χ4v) is 3.40. The Hall–Kier alpha value is -2.01. The molecule has 4 nitrogen and oxygen atoms in total. The smallest absolute Gasteiger partial charge is 0.141 e. The van der Waals surface area contributed by atoms with Gasteiger partial charge in [0.15, 0.2) is 0 Å². The molecule has 0 aromatic carbocycles. The number of likely N-dealkylation sites (tertiary alicyclic amines) is 1. The molecule has 3 heterocycles. The SMILES string of the molecule is Fc1ccc(Nc2ccc(C3CCN(CC4CC4)CC3)nc2)nc1. The van der Waals surface area contributed by atoms with E-state index in [2.05, 4.69) is 26.3 Å². The van der Waals surface area contributed by atoms with E-state index >= 15 is 0 Å². The summed E-state index contributed by atoms with van der Waals surface area (Å²) in [5.74, 6) is 1.84. The van der Waals surface area contributed by atoms with Crippen molar-refractivity contribution in [3.05, 3.63) is 48.2 Å². The van der Waals surface area contributed by atoms with Gasteiger partial charge in [0.2, 0.25) is 0 Å². The van der Waals surface area contributed by atoms with E-state index in [1.165, 1.54) is 63.3 Å². The molecule has 0 bridgehead atoms.